The average molecular weight is 278 g/mol. The van der Waals surface area contributed by atoms with E-state index in [1.165, 1.54) is 0 Å². The molecule has 5 nitrogen and oxygen atoms in total. The maximum absolute atomic E-state index is 5.97. The van der Waals surface area contributed by atoms with E-state index in [-0.39, 0.29) is 0 Å². The van der Waals surface area contributed by atoms with Crippen LogP contribution in [0.5, 0.6) is 0 Å². The molecule has 2 aromatic rings. The Hall–Kier alpha value is -1.24. The molecule has 102 valence electrons. The summed E-state index contributed by atoms with van der Waals surface area (Å²) in [6.07, 6.45) is 2.15. The minimum absolute atomic E-state index is 0.553. The highest BCUT2D eigenvalue weighted by Crippen LogP contribution is 2.23. The highest BCUT2D eigenvalue weighted by Gasteiger charge is 2.19. The molecule has 19 heavy (non-hydrogen) atoms. The van der Waals surface area contributed by atoms with Crippen LogP contribution in [-0.2, 0) is 11.3 Å². The van der Waals surface area contributed by atoms with Gasteiger partial charge in [0.15, 0.2) is 0 Å². The SMILES string of the molecule is CN(Cc1nc(N)c2ccsc2n1)C1CCOCC1. The molecule has 2 aromatic heterocycles. The van der Waals surface area contributed by atoms with Crippen LogP contribution in [0.2, 0.25) is 0 Å². The van der Waals surface area contributed by atoms with E-state index in [1.807, 2.05) is 11.4 Å². The summed E-state index contributed by atoms with van der Waals surface area (Å²) in [6.45, 7) is 2.44. The van der Waals surface area contributed by atoms with Crippen molar-refractivity contribution in [1.29, 1.82) is 0 Å². The third-order valence-corrected chi connectivity index (χ3v) is 4.41. The zero-order valence-electron chi connectivity index (χ0n) is 11.0. The second kappa shape index (κ2) is 5.40. The summed E-state index contributed by atoms with van der Waals surface area (Å²) in [5, 5.41) is 2.96. The van der Waals surface area contributed by atoms with Crippen LogP contribution in [0.1, 0.15) is 18.7 Å². The van der Waals surface area contributed by atoms with Crippen LogP contribution in [0.3, 0.4) is 0 Å². The Morgan fingerprint density at radius 1 is 1.42 bits per heavy atom. The summed E-state index contributed by atoms with van der Waals surface area (Å²) in [5.74, 6) is 1.39. The van der Waals surface area contributed by atoms with Gasteiger partial charge in [-0.2, -0.15) is 0 Å². The summed E-state index contributed by atoms with van der Waals surface area (Å²) in [6, 6.07) is 2.53. The lowest BCUT2D eigenvalue weighted by atomic mass is 10.1. The van der Waals surface area contributed by atoms with Crippen molar-refractivity contribution in [3.05, 3.63) is 17.3 Å². The van der Waals surface area contributed by atoms with Gasteiger partial charge in [0.05, 0.1) is 11.9 Å². The van der Waals surface area contributed by atoms with Gasteiger partial charge < -0.3 is 10.5 Å². The van der Waals surface area contributed by atoms with Gasteiger partial charge in [0.2, 0.25) is 0 Å². The van der Waals surface area contributed by atoms with Gasteiger partial charge in [-0.25, -0.2) is 9.97 Å². The van der Waals surface area contributed by atoms with Gasteiger partial charge in [-0.3, -0.25) is 4.90 Å². The lowest BCUT2D eigenvalue weighted by Gasteiger charge is -2.30. The van der Waals surface area contributed by atoms with Gasteiger partial charge in [-0.15, -0.1) is 11.3 Å². The normalized spacial score (nSPS) is 17.4. The molecule has 1 aliphatic rings. The molecule has 0 unspecified atom stereocenters. The van der Waals surface area contributed by atoms with Gasteiger partial charge in [0.1, 0.15) is 16.5 Å². The quantitative estimate of drug-likeness (QED) is 0.928. The molecule has 0 amide bonds. The monoisotopic (exact) mass is 278 g/mol. The number of rotatable bonds is 3. The minimum atomic E-state index is 0.553. The van der Waals surface area contributed by atoms with E-state index in [0.717, 1.165) is 48.6 Å². The molecule has 1 aliphatic heterocycles. The molecular formula is C13H18N4OS. The number of hydrogen-bond acceptors (Lipinski definition) is 6. The van der Waals surface area contributed by atoms with Crippen LogP contribution in [0.15, 0.2) is 11.4 Å². The van der Waals surface area contributed by atoms with Crippen LogP contribution in [0.4, 0.5) is 5.82 Å². The first-order valence-electron chi connectivity index (χ1n) is 6.51. The highest BCUT2D eigenvalue weighted by atomic mass is 32.1. The summed E-state index contributed by atoms with van der Waals surface area (Å²) in [4.78, 5) is 12.3. The molecule has 0 aromatic carbocycles. The molecule has 0 atom stereocenters. The van der Waals surface area contributed by atoms with Crippen molar-refractivity contribution in [2.24, 2.45) is 0 Å². The van der Waals surface area contributed by atoms with E-state index in [4.69, 9.17) is 10.5 Å². The molecule has 1 saturated heterocycles. The lowest BCUT2D eigenvalue weighted by molar-refractivity contribution is 0.0400. The number of anilines is 1. The zero-order valence-corrected chi connectivity index (χ0v) is 11.8. The largest absolute Gasteiger partial charge is 0.383 e. The summed E-state index contributed by atoms with van der Waals surface area (Å²) < 4.78 is 5.39. The van der Waals surface area contributed by atoms with E-state index in [0.29, 0.717) is 11.9 Å². The molecule has 6 heteroatoms. The number of nitrogens with two attached hydrogens (primary N) is 1. The lowest BCUT2D eigenvalue weighted by Crippen LogP contribution is -2.36. The fraction of sp³-hybridized carbons (Fsp3) is 0.538. The Bertz CT molecular complexity index is 565. The Balaban J connectivity index is 1.76. The van der Waals surface area contributed by atoms with Crippen molar-refractivity contribution < 1.29 is 4.74 Å². The van der Waals surface area contributed by atoms with E-state index in [2.05, 4.69) is 21.9 Å². The van der Waals surface area contributed by atoms with Crippen molar-refractivity contribution in [1.82, 2.24) is 14.9 Å². The number of nitrogen functional groups attached to an aromatic ring is 1. The molecule has 0 aliphatic carbocycles. The van der Waals surface area contributed by atoms with Crippen LogP contribution < -0.4 is 5.73 Å². The van der Waals surface area contributed by atoms with Crippen molar-refractivity contribution in [3.63, 3.8) is 0 Å². The molecule has 0 radical (unpaired) electrons. The molecule has 0 bridgehead atoms. The summed E-state index contributed by atoms with van der Waals surface area (Å²) in [5.41, 5.74) is 5.97. The molecule has 1 fully saturated rings. The second-order valence-electron chi connectivity index (χ2n) is 4.92. The van der Waals surface area contributed by atoms with Gasteiger partial charge in [0, 0.05) is 19.3 Å². The van der Waals surface area contributed by atoms with E-state index < -0.39 is 0 Å². The number of ether oxygens (including phenoxy) is 1. The fourth-order valence-electron chi connectivity index (χ4n) is 2.47. The fourth-order valence-corrected chi connectivity index (χ4v) is 3.26. The first-order valence-corrected chi connectivity index (χ1v) is 7.39. The maximum Gasteiger partial charge on any atom is 0.146 e. The maximum atomic E-state index is 5.97. The topological polar surface area (TPSA) is 64.3 Å². The Labute approximate surface area is 116 Å². The first-order chi connectivity index (χ1) is 9.24. The molecular weight excluding hydrogens is 260 g/mol. The van der Waals surface area contributed by atoms with E-state index >= 15 is 0 Å². The van der Waals surface area contributed by atoms with Gasteiger partial charge in [-0.05, 0) is 31.3 Å². The molecule has 3 rings (SSSR count). The van der Waals surface area contributed by atoms with Crippen molar-refractivity contribution >= 4 is 27.4 Å². The van der Waals surface area contributed by atoms with E-state index in [1.54, 1.807) is 11.3 Å². The predicted molar refractivity (Wildman–Crippen MR) is 77.1 cm³/mol. The summed E-state index contributed by atoms with van der Waals surface area (Å²) >= 11 is 1.61. The molecule has 0 saturated carbocycles. The molecule has 0 spiro atoms. The standard InChI is InChI=1S/C13H18N4OS/c1-17(9-2-5-18-6-3-9)8-11-15-12(14)10-4-7-19-13(10)16-11/h4,7,9H,2-3,5-6,8H2,1H3,(H2,14,15,16). The Morgan fingerprint density at radius 3 is 3.00 bits per heavy atom. The van der Waals surface area contributed by atoms with Crippen molar-refractivity contribution in [2.45, 2.75) is 25.4 Å². The van der Waals surface area contributed by atoms with Crippen molar-refractivity contribution in [2.75, 3.05) is 26.0 Å². The zero-order chi connectivity index (χ0) is 13.2. The Morgan fingerprint density at radius 2 is 2.21 bits per heavy atom. The number of nitrogens with zero attached hydrogens (tertiary/aromatic N) is 3. The smallest absolute Gasteiger partial charge is 0.146 e. The Kier molecular flexibility index (Phi) is 3.63. The first kappa shape index (κ1) is 12.8. The van der Waals surface area contributed by atoms with Gasteiger partial charge in [-0.1, -0.05) is 0 Å². The number of aromatic nitrogens is 2. The third-order valence-electron chi connectivity index (χ3n) is 3.61. The number of thiophene rings is 1. The predicted octanol–water partition coefficient (Wildman–Crippen LogP) is 1.88. The minimum Gasteiger partial charge on any atom is -0.383 e. The van der Waals surface area contributed by atoms with Crippen LogP contribution in [0.25, 0.3) is 10.2 Å². The number of hydrogen-bond donors (Lipinski definition) is 1. The highest BCUT2D eigenvalue weighted by molar-refractivity contribution is 7.16. The van der Waals surface area contributed by atoms with E-state index in [9.17, 15) is 0 Å². The van der Waals surface area contributed by atoms with Crippen LogP contribution in [0, 0.1) is 0 Å². The number of fused-ring (bicyclic) bond motifs is 1. The van der Waals surface area contributed by atoms with Gasteiger partial charge in [0.25, 0.3) is 0 Å². The summed E-state index contributed by atoms with van der Waals surface area (Å²) in [7, 11) is 2.12. The second-order valence-corrected chi connectivity index (χ2v) is 5.82. The average Bonchev–Trinajstić information content (AvgIpc) is 2.88. The molecule has 3 heterocycles. The third kappa shape index (κ3) is 2.70. The van der Waals surface area contributed by atoms with Crippen molar-refractivity contribution in [3.8, 4) is 0 Å². The van der Waals surface area contributed by atoms with Gasteiger partial charge >= 0.3 is 0 Å². The molecule has 2 N–H and O–H groups in total. The van der Waals surface area contributed by atoms with Crippen LogP contribution in [-0.4, -0.2) is 41.2 Å². The van der Waals surface area contributed by atoms with Crippen LogP contribution >= 0.6 is 11.3 Å².